The molecule has 1 heterocycles. The van der Waals surface area contributed by atoms with Crippen LogP contribution in [0, 0.1) is 0 Å². The maximum atomic E-state index is 5.70. The first-order valence-corrected chi connectivity index (χ1v) is 7.60. The summed E-state index contributed by atoms with van der Waals surface area (Å²) in [7, 11) is 0. The molecule has 4 nitrogen and oxygen atoms in total. The fourth-order valence-corrected chi connectivity index (χ4v) is 2.01. The number of nitrogens with zero attached hydrogens (tertiary/aromatic N) is 2. The smallest absolute Gasteiger partial charge is 0.237 e. The predicted octanol–water partition coefficient (Wildman–Crippen LogP) is 3.72. The molecule has 0 unspecified atom stereocenters. The van der Waals surface area contributed by atoms with E-state index in [0.29, 0.717) is 5.88 Å². The molecule has 1 aromatic carbocycles. The highest BCUT2D eigenvalue weighted by Gasteiger charge is 2.01. The van der Waals surface area contributed by atoms with Crippen LogP contribution in [0.3, 0.4) is 0 Å². The average Bonchev–Trinajstić information content (AvgIpc) is 2.51. The molecule has 0 atom stereocenters. The Morgan fingerprint density at radius 3 is 2.43 bits per heavy atom. The van der Waals surface area contributed by atoms with E-state index in [4.69, 9.17) is 4.74 Å². The summed E-state index contributed by atoms with van der Waals surface area (Å²) in [5.74, 6) is 1.32. The Hall–Kier alpha value is -1.94. The maximum absolute atomic E-state index is 5.70. The van der Waals surface area contributed by atoms with Gasteiger partial charge >= 0.3 is 0 Å². The second kappa shape index (κ2) is 8.37. The zero-order valence-electron chi connectivity index (χ0n) is 12.8. The Balaban J connectivity index is 1.90. The third-order valence-electron chi connectivity index (χ3n) is 3.10. The SMILES string of the molecule is CCCNCc1cnc(Oc2ccc(CCC)cc2)cn1. The third kappa shape index (κ3) is 5.16. The first-order chi connectivity index (χ1) is 10.3. The number of aryl methyl sites for hydroxylation is 1. The van der Waals surface area contributed by atoms with Gasteiger partial charge in [0.1, 0.15) is 5.75 Å². The number of aromatic nitrogens is 2. The van der Waals surface area contributed by atoms with Crippen LogP contribution in [0.2, 0.25) is 0 Å². The third-order valence-corrected chi connectivity index (χ3v) is 3.10. The molecule has 4 heteroatoms. The molecule has 0 aliphatic rings. The lowest BCUT2D eigenvalue weighted by molar-refractivity contribution is 0.458. The average molecular weight is 285 g/mol. The Bertz CT molecular complexity index is 523. The van der Waals surface area contributed by atoms with Gasteiger partial charge in [-0.2, -0.15) is 0 Å². The molecule has 0 spiro atoms. The second-order valence-corrected chi connectivity index (χ2v) is 5.02. The summed E-state index contributed by atoms with van der Waals surface area (Å²) in [6, 6.07) is 8.14. The zero-order valence-corrected chi connectivity index (χ0v) is 12.8. The van der Waals surface area contributed by atoms with E-state index in [1.807, 2.05) is 12.1 Å². The normalized spacial score (nSPS) is 10.6. The van der Waals surface area contributed by atoms with Crippen molar-refractivity contribution in [1.82, 2.24) is 15.3 Å². The quantitative estimate of drug-likeness (QED) is 0.751. The van der Waals surface area contributed by atoms with Crippen LogP contribution in [-0.4, -0.2) is 16.5 Å². The molecular weight excluding hydrogens is 262 g/mol. The van der Waals surface area contributed by atoms with Crippen LogP contribution in [0.5, 0.6) is 11.6 Å². The van der Waals surface area contributed by atoms with Gasteiger partial charge in [-0.3, -0.25) is 4.98 Å². The summed E-state index contributed by atoms with van der Waals surface area (Å²) in [5, 5.41) is 3.30. The first-order valence-electron chi connectivity index (χ1n) is 7.60. The highest BCUT2D eigenvalue weighted by atomic mass is 16.5. The Kier molecular flexibility index (Phi) is 6.16. The summed E-state index contributed by atoms with van der Waals surface area (Å²) >= 11 is 0. The molecular formula is C17H23N3O. The molecule has 0 amide bonds. The van der Waals surface area contributed by atoms with Gasteiger partial charge in [-0.05, 0) is 37.1 Å². The van der Waals surface area contributed by atoms with E-state index in [0.717, 1.165) is 43.8 Å². The molecule has 21 heavy (non-hydrogen) atoms. The van der Waals surface area contributed by atoms with E-state index in [1.54, 1.807) is 12.4 Å². The molecule has 0 bridgehead atoms. The molecule has 1 N–H and O–H groups in total. The lowest BCUT2D eigenvalue weighted by Crippen LogP contribution is -2.14. The van der Waals surface area contributed by atoms with Crippen molar-refractivity contribution in [2.75, 3.05) is 6.54 Å². The Labute approximate surface area is 126 Å². The monoisotopic (exact) mass is 285 g/mol. The summed E-state index contributed by atoms with van der Waals surface area (Å²) < 4.78 is 5.70. The van der Waals surface area contributed by atoms with Crippen molar-refractivity contribution in [2.45, 2.75) is 39.7 Å². The van der Waals surface area contributed by atoms with E-state index < -0.39 is 0 Å². The minimum atomic E-state index is 0.525. The van der Waals surface area contributed by atoms with Gasteiger partial charge in [-0.15, -0.1) is 0 Å². The van der Waals surface area contributed by atoms with E-state index in [1.165, 1.54) is 5.56 Å². The predicted molar refractivity (Wildman–Crippen MR) is 84.5 cm³/mol. The zero-order chi connectivity index (χ0) is 14.9. The van der Waals surface area contributed by atoms with Gasteiger partial charge in [0.2, 0.25) is 5.88 Å². The molecule has 0 aliphatic heterocycles. The fraction of sp³-hybridized carbons (Fsp3) is 0.412. The van der Waals surface area contributed by atoms with Crippen molar-refractivity contribution in [3.8, 4) is 11.6 Å². The Morgan fingerprint density at radius 2 is 1.81 bits per heavy atom. The van der Waals surface area contributed by atoms with Crippen LogP contribution in [0.25, 0.3) is 0 Å². The largest absolute Gasteiger partial charge is 0.438 e. The highest BCUT2D eigenvalue weighted by molar-refractivity contribution is 5.30. The highest BCUT2D eigenvalue weighted by Crippen LogP contribution is 2.19. The van der Waals surface area contributed by atoms with Crippen molar-refractivity contribution >= 4 is 0 Å². The number of nitrogens with one attached hydrogen (secondary N) is 1. The van der Waals surface area contributed by atoms with Gasteiger partial charge in [0.05, 0.1) is 18.1 Å². The van der Waals surface area contributed by atoms with Gasteiger partial charge < -0.3 is 10.1 Å². The van der Waals surface area contributed by atoms with Crippen molar-refractivity contribution < 1.29 is 4.74 Å². The molecule has 0 aliphatic carbocycles. The van der Waals surface area contributed by atoms with E-state index in [9.17, 15) is 0 Å². The van der Waals surface area contributed by atoms with E-state index in [-0.39, 0.29) is 0 Å². The molecule has 0 fully saturated rings. The number of ether oxygens (including phenoxy) is 1. The number of rotatable bonds is 8. The van der Waals surface area contributed by atoms with Gasteiger partial charge in [-0.25, -0.2) is 4.98 Å². The van der Waals surface area contributed by atoms with Crippen LogP contribution < -0.4 is 10.1 Å². The summed E-state index contributed by atoms with van der Waals surface area (Å²) in [6.45, 7) is 6.05. The van der Waals surface area contributed by atoms with Crippen molar-refractivity contribution in [2.24, 2.45) is 0 Å². The van der Waals surface area contributed by atoms with Crippen molar-refractivity contribution in [1.29, 1.82) is 0 Å². The minimum Gasteiger partial charge on any atom is -0.438 e. The van der Waals surface area contributed by atoms with Gasteiger partial charge in [0, 0.05) is 6.54 Å². The van der Waals surface area contributed by atoms with Crippen LogP contribution >= 0.6 is 0 Å². The Morgan fingerprint density at radius 1 is 1.00 bits per heavy atom. The van der Waals surface area contributed by atoms with Crippen molar-refractivity contribution in [3.05, 3.63) is 47.9 Å². The van der Waals surface area contributed by atoms with Crippen LogP contribution in [0.1, 0.15) is 37.9 Å². The van der Waals surface area contributed by atoms with Crippen LogP contribution in [0.15, 0.2) is 36.7 Å². The summed E-state index contributed by atoms with van der Waals surface area (Å²) in [5.41, 5.74) is 2.25. The lowest BCUT2D eigenvalue weighted by Gasteiger charge is -2.06. The number of hydrogen-bond donors (Lipinski definition) is 1. The molecule has 0 saturated carbocycles. The van der Waals surface area contributed by atoms with Gasteiger partial charge in [-0.1, -0.05) is 32.4 Å². The molecule has 2 aromatic rings. The van der Waals surface area contributed by atoms with Crippen LogP contribution in [-0.2, 0) is 13.0 Å². The van der Waals surface area contributed by atoms with E-state index >= 15 is 0 Å². The standard InChI is InChI=1S/C17H23N3O/c1-3-5-14-6-8-16(9-7-14)21-17-13-19-15(12-20-17)11-18-10-4-2/h6-9,12-13,18H,3-5,10-11H2,1-2H3. The van der Waals surface area contributed by atoms with E-state index in [2.05, 4.69) is 41.3 Å². The second-order valence-electron chi connectivity index (χ2n) is 5.02. The molecule has 2 rings (SSSR count). The molecule has 0 radical (unpaired) electrons. The van der Waals surface area contributed by atoms with Gasteiger partial charge in [0.25, 0.3) is 0 Å². The van der Waals surface area contributed by atoms with Crippen LogP contribution in [0.4, 0.5) is 0 Å². The molecule has 1 aromatic heterocycles. The summed E-state index contributed by atoms with van der Waals surface area (Å²) in [6.07, 6.45) is 6.79. The van der Waals surface area contributed by atoms with Gasteiger partial charge in [0.15, 0.2) is 0 Å². The summed E-state index contributed by atoms with van der Waals surface area (Å²) in [4.78, 5) is 8.63. The fourth-order valence-electron chi connectivity index (χ4n) is 2.01. The number of hydrogen-bond acceptors (Lipinski definition) is 4. The minimum absolute atomic E-state index is 0.525. The topological polar surface area (TPSA) is 47.0 Å². The van der Waals surface area contributed by atoms with Crippen molar-refractivity contribution in [3.63, 3.8) is 0 Å². The molecule has 0 saturated heterocycles. The maximum Gasteiger partial charge on any atom is 0.237 e. The molecule has 112 valence electrons. The first kappa shape index (κ1) is 15.4. The lowest BCUT2D eigenvalue weighted by atomic mass is 10.1. The number of benzene rings is 1.